The van der Waals surface area contributed by atoms with Gasteiger partial charge < -0.3 is 20.7 Å². The van der Waals surface area contributed by atoms with Crippen LogP contribution in [0.25, 0.3) is 0 Å². The molecule has 2 aliphatic rings. The number of nitrogen functional groups attached to an aromatic ring is 1. The number of aromatic nitrogens is 1. The molecule has 2 fully saturated rings. The van der Waals surface area contributed by atoms with E-state index >= 15 is 0 Å². The quantitative estimate of drug-likeness (QED) is 0.845. The molecule has 1 aliphatic carbocycles. The highest BCUT2D eigenvalue weighted by Gasteiger charge is 2.42. The molecule has 0 unspecified atom stereocenters. The van der Waals surface area contributed by atoms with Gasteiger partial charge in [-0.25, -0.2) is 4.98 Å². The molecule has 2 heterocycles. The summed E-state index contributed by atoms with van der Waals surface area (Å²) < 4.78 is 5.58. The van der Waals surface area contributed by atoms with Gasteiger partial charge in [0.15, 0.2) is 5.13 Å². The summed E-state index contributed by atoms with van der Waals surface area (Å²) in [6.45, 7) is 3.68. The molecule has 8 heteroatoms. The van der Waals surface area contributed by atoms with Crippen molar-refractivity contribution in [2.24, 2.45) is 0 Å². The molecule has 1 aliphatic heterocycles. The number of carbonyl (C=O) groups excluding carboxylic acids is 1. The molecular weight excluding hydrogens is 308 g/mol. The summed E-state index contributed by atoms with van der Waals surface area (Å²) in [5.74, 6) is 0.220. The van der Waals surface area contributed by atoms with Crippen LogP contribution >= 0.6 is 23.1 Å². The average Bonchev–Trinajstić information content (AvgIpc) is 3.20. The van der Waals surface area contributed by atoms with Crippen LogP contribution in [0.1, 0.15) is 22.5 Å². The Labute approximate surface area is 132 Å². The molecule has 3 N–H and O–H groups in total. The van der Waals surface area contributed by atoms with Gasteiger partial charge in [-0.1, -0.05) is 11.3 Å². The van der Waals surface area contributed by atoms with Gasteiger partial charge >= 0.3 is 0 Å². The summed E-state index contributed by atoms with van der Waals surface area (Å²) in [6, 6.07) is 0. The van der Waals surface area contributed by atoms with E-state index < -0.39 is 0 Å². The number of nitrogens with one attached hydrogen (secondary N) is 1. The Bertz CT molecular complexity index is 524. The van der Waals surface area contributed by atoms with Crippen LogP contribution in [0.4, 0.5) is 10.9 Å². The molecule has 1 saturated heterocycles. The van der Waals surface area contributed by atoms with Crippen LogP contribution in [0.2, 0.25) is 0 Å². The van der Waals surface area contributed by atoms with Crippen LogP contribution in [0.15, 0.2) is 0 Å². The lowest BCUT2D eigenvalue weighted by atomic mass is 10.4. The number of morpholine rings is 1. The third kappa shape index (κ3) is 3.27. The lowest BCUT2D eigenvalue weighted by molar-refractivity contribution is 0.0957. The topological polar surface area (TPSA) is 80.5 Å². The first-order valence-corrected chi connectivity index (χ1v) is 9.10. The molecular formula is C13H20N4O2S2. The number of nitrogens with two attached hydrogens (primary N) is 1. The van der Waals surface area contributed by atoms with Gasteiger partial charge in [0, 0.05) is 24.4 Å². The van der Waals surface area contributed by atoms with E-state index in [1.807, 2.05) is 11.8 Å². The maximum Gasteiger partial charge on any atom is 0.265 e. The van der Waals surface area contributed by atoms with Crippen molar-refractivity contribution >= 4 is 40.0 Å². The molecule has 1 amide bonds. The van der Waals surface area contributed by atoms with E-state index in [1.165, 1.54) is 24.2 Å². The first kappa shape index (κ1) is 14.9. The second kappa shape index (κ2) is 6.02. The van der Waals surface area contributed by atoms with Crippen molar-refractivity contribution in [3.05, 3.63) is 4.88 Å². The molecule has 21 heavy (non-hydrogen) atoms. The number of carbonyl (C=O) groups is 1. The van der Waals surface area contributed by atoms with Crippen LogP contribution in [-0.4, -0.2) is 54.7 Å². The summed E-state index contributed by atoms with van der Waals surface area (Å²) in [6.07, 6.45) is 4.44. The van der Waals surface area contributed by atoms with Gasteiger partial charge in [0.1, 0.15) is 10.7 Å². The molecule has 0 atom stereocenters. The zero-order chi connectivity index (χ0) is 14.9. The monoisotopic (exact) mass is 328 g/mol. The van der Waals surface area contributed by atoms with Gasteiger partial charge in [-0.15, -0.1) is 0 Å². The van der Waals surface area contributed by atoms with Gasteiger partial charge in [-0.05, 0) is 19.1 Å². The zero-order valence-electron chi connectivity index (χ0n) is 12.1. The molecule has 0 spiro atoms. The van der Waals surface area contributed by atoms with Crippen LogP contribution < -0.4 is 16.0 Å². The van der Waals surface area contributed by atoms with Crippen molar-refractivity contribution in [2.75, 3.05) is 49.7 Å². The van der Waals surface area contributed by atoms with Crippen molar-refractivity contribution in [3.8, 4) is 0 Å². The number of rotatable bonds is 5. The number of amides is 1. The second-order valence-corrected chi connectivity index (χ2v) is 7.63. The summed E-state index contributed by atoms with van der Waals surface area (Å²) in [5.41, 5.74) is 5.91. The van der Waals surface area contributed by atoms with Crippen molar-refractivity contribution in [3.63, 3.8) is 0 Å². The highest BCUT2D eigenvalue weighted by atomic mass is 32.2. The van der Waals surface area contributed by atoms with E-state index in [0.717, 1.165) is 18.2 Å². The van der Waals surface area contributed by atoms with Gasteiger partial charge in [0.2, 0.25) is 0 Å². The smallest absolute Gasteiger partial charge is 0.265 e. The van der Waals surface area contributed by atoms with E-state index in [0.29, 0.717) is 30.5 Å². The molecule has 1 aromatic heterocycles. The molecule has 1 saturated carbocycles. The predicted molar refractivity (Wildman–Crippen MR) is 87.4 cm³/mol. The highest BCUT2D eigenvalue weighted by molar-refractivity contribution is 8.00. The minimum absolute atomic E-state index is 0.107. The van der Waals surface area contributed by atoms with Crippen molar-refractivity contribution in [2.45, 2.75) is 17.6 Å². The molecule has 0 radical (unpaired) electrons. The Morgan fingerprint density at radius 1 is 1.52 bits per heavy atom. The number of hydrogen-bond acceptors (Lipinski definition) is 7. The molecule has 0 bridgehead atoms. The molecule has 6 nitrogen and oxygen atoms in total. The minimum atomic E-state index is -0.107. The number of ether oxygens (including phenoxy) is 1. The molecule has 0 aromatic carbocycles. The third-order valence-corrected chi connectivity index (χ3v) is 6.49. The average molecular weight is 328 g/mol. The van der Waals surface area contributed by atoms with Gasteiger partial charge in [0.05, 0.1) is 13.2 Å². The Hall–Kier alpha value is -0.990. The highest BCUT2D eigenvalue weighted by Crippen LogP contribution is 2.46. The molecule has 3 rings (SSSR count). The van der Waals surface area contributed by atoms with Crippen molar-refractivity contribution < 1.29 is 9.53 Å². The summed E-state index contributed by atoms with van der Waals surface area (Å²) in [7, 11) is 0. The maximum absolute atomic E-state index is 12.3. The Kier molecular flexibility index (Phi) is 4.28. The summed E-state index contributed by atoms with van der Waals surface area (Å²) in [4.78, 5) is 19.3. The Morgan fingerprint density at radius 2 is 2.24 bits per heavy atom. The second-order valence-electron chi connectivity index (χ2n) is 5.38. The van der Waals surface area contributed by atoms with E-state index in [-0.39, 0.29) is 10.7 Å². The first-order chi connectivity index (χ1) is 10.1. The molecule has 1 aromatic rings. The fourth-order valence-corrected chi connectivity index (χ4v) is 3.97. The maximum atomic E-state index is 12.3. The Balaban J connectivity index is 1.64. The summed E-state index contributed by atoms with van der Waals surface area (Å²) >= 11 is 3.20. The van der Waals surface area contributed by atoms with Crippen LogP contribution in [0, 0.1) is 0 Å². The number of hydrogen-bond donors (Lipinski definition) is 2. The largest absolute Gasteiger partial charge is 0.382 e. The zero-order valence-corrected chi connectivity index (χ0v) is 13.7. The van der Waals surface area contributed by atoms with Gasteiger partial charge in [-0.2, -0.15) is 11.8 Å². The van der Waals surface area contributed by atoms with Crippen LogP contribution in [0.3, 0.4) is 0 Å². The van der Waals surface area contributed by atoms with Crippen molar-refractivity contribution in [1.29, 1.82) is 0 Å². The van der Waals surface area contributed by atoms with Crippen molar-refractivity contribution in [1.82, 2.24) is 10.3 Å². The third-order valence-electron chi connectivity index (χ3n) is 3.94. The SMILES string of the molecule is CSC1(CNC(=O)c2sc(N3CCOCC3)nc2N)CC1. The van der Waals surface area contributed by atoms with E-state index in [9.17, 15) is 4.79 Å². The van der Waals surface area contributed by atoms with E-state index in [2.05, 4.69) is 21.5 Å². The number of thioether (sulfide) groups is 1. The van der Waals surface area contributed by atoms with E-state index in [1.54, 1.807) is 0 Å². The standard InChI is InChI=1S/C13H20N4O2S2/c1-20-13(2-3-13)8-15-11(18)9-10(14)16-12(21-9)17-4-6-19-7-5-17/h2-8,14H2,1H3,(H,15,18). The Morgan fingerprint density at radius 3 is 2.86 bits per heavy atom. The normalized spacial score (nSPS) is 20.3. The fourth-order valence-electron chi connectivity index (χ4n) is 2.29. The van der Waals surface area contributed by atoms with E-state index in [4.69, 9.17) is 10.5 Å². The lowest BCUT2D eigenvalue weighted by Gasteiger charge is -2.25. The van der Waals surface area contributed by atoms with Crippen LogP contribution in [0.5, 0.6) is 0 Å². The number of anilines is 2. The van der Waals surface area contributed by atoms with Gasteiger partial charge in [0.25, 0.3) is 5.91 Å². The predicted octanol–water partition coefficient (Wildman–Crippen LogP) is 1.19. The number of nitrogens with zero attached hydrogens (tertiary/aromatic N) is 2. The summed E-state index contributed by atoms with van der Waals surface area (Å²) in [5, 5.41) is 3.81. The fraction of sp³-hybridized carbons (Fsp3) is 0.692. The number of thiazole rings is 1. The first-order valence-electron chi connectivity index (χ1n) is 7.06. The van der Waals surface area contributed by atoms with Gasteiger partial charge in [-0.3, -0.25) is 4.79 Å². The van der Waals surface area contributed by atoms with Crippen LogP contribution in [-0.2, 0) is 4.74 Å². The molecule has 116 valence electrons. The lowest BCUT2D eigenvalue weighted by Crippen LogP contribution is -2.36. The minimum Gasteiger partial charge on any atom is -0.382 e.